The van der Waals surface area contributed by atoms with Crippen LogP contribution in [0.3, 0.4) is 0 Å². The lowest BCUT2D eigenvalue weighted by atomic mass is 10.0. The number of nitrogens with zero attached hydrogens (tertiary/aromatic N) is 2. The Morgan fingerprint density at radius 2 is 1.33 bits per heavy atom. The van der Waals surface area contributed by atoms with Crippen molar-refractivity contribution in [2.24, 2.45) is 5.10 Å². The fourth-order valence-corrected chi connectivity index (χ4v) is 4.73. The molecule has 172 valence electrons. The molecule has 0 unspecified atom stereocenters. The maximum atomic E-state index is 12.7. The number of sulfonamides is 1. The van der Waals surface area contributed by atoms with E-state index in [0.29, 0.717) is 24.2 Å². The molecule has 0 atom stereocenters. The van der Waals surface area contributed by atoms with E-state index in [1.165, 1.54) is 40.7 Å². The van der Waals surface area contributed by atoms with E-state index in [9.17, 15) is 23.4 Å². The molecule has 33 heavy (non-hydrogen) atoms. The van der Waals surface area contributed by atoms with Crippen LogP contribution in [0.2, 0.25) is 0 Å². The molecule has 3 aromatic rings. The third kappa shape index (κ3) is 5.21. The summed E-state index contributed by atoms with van der Waals surface area (Å²) in [6.45, 7) is 4.20. The number of hydrogen-bond donors (Lipinski definition) is 3. The third-order valence-electron chi connectivity index (χ3n) is 5.05. The van der Waals surface area contributed by atoms with Crippen LogP contribution in [-0.2, 0) is 10.0 Å². The number of carbonyl (C=O) groups excluding carboxylic acids is 1. The van der Waals surface area contributed by atoms with E-state index < -0.39 is 15.9 Å². The predicted molar refractivity (Wildman–Crippen MR) is 126 cm³/mol. The molecule has 1 amide bonds. The van der Waals surface area contributed by atoms with Gasteiger partial charge in [0.15, 0.2) is 0 Å². The molecule has 9 heteroatoms. The van der Waals surface area contributed by atoms with Crippen LogP contribution in [0.4, 0.5) is 0 Å². The zero-order valence-corrected chi connectivity index (χ0v) is 19.1. The lowest BCUT2D eigenvalue weighted by Crippen LogP contribution is -2.30. The van der Waals surface area contributed by atoms with Crippen LogP contribution in [0.5, 0.6) is 11.5 Å². The van der Waals surface area contributed by atoms with E-state index in [1.54, 1.807) is 50.2 Å². The first-order chi connectivity index (χ1) is 15.8. The van der Waals surface area contributed by atoms with Crippen LogP contribution in [0, 0.1) is 0 Å². The molecule has 3 N–H and O–H groups in total. The van der Waals surface area contributed by atoms with Crippen LogP contribution >= 0.6 is 0 Å². The van der Waals surface area contributed by atoms with Crippen molar-refractivity contribution in [3.05, 3.63) is 89.5 Å². The van der Waals surface area contributed by atoms with Gasteiger partial charge in [0.2, 0.25) is 10.0 Å². The number of carbonyl (C=O) groups is 1. The number of rotatable bonds is 8. The Labute approximate surface area is 192 Å². The number of nitrogens with one attached hydrogen (secondary N) is 1. The second kappa shape index (κ2) is 10.3. The quantitative estimate of drug-likeness (QED) is 0.347. The second-order valence-corrected chi connectivity index (χ2v) is 8.99. The van der Waals surface area contributed by atoms with E-state index in [2.05, 4.69) is 10.5 Å². The minimum Gasteiger partial charge on any atom is -0.507 e. The Kier molecular flexibility index (Phi) is 7.47. The van der Waals surface area contributed by atoms with Gasteiger partial charge in [0.05, 0.1) is 4.90 Å². The van der Waals surface area contributed by atoms with E-state index in [4.69, 9.17) is 0 Å². The number of hydrazone groups is 1. The maximum Gasteiger partial charge on any atom is 0.271 e. The van der Waals surface area contributed by atoms with Gasteiger partial charge in [0, 0.05) is 29.8 Å². The van der Waals surface area contributed by atoms with Crippen molar-refractivity contribution >= 4 is 21.6 Å². The highest BCUT2D eigenvalue weighted by atomic mass is 32.2. The van der Waals surface area contributed by atoms with E-state index >= 15 is 0 Å². The van der Waals surface area contributed by atoms with Crippen molar-refractivity contribution in [3.8, 4) is 11.5 Å². The van der Waals surface area contributed by atoms with Gasteiger partial charge in [-0.2, -0.15) is 9.41 Å². The molecule has 0 aliphatic carbocycles. The Balaban J connectivity index is 1.91. The largest absolute Gasteiger partial charge is 0.507 e. The summed E-state index contributed by atoms with van der Waals surface area (Å²) in [5.74, 6) is -0.718. The molecule has 0 aliphatic heterocycles. The first kappa shape index (κ1) is 24.0. The number of benzene rings is 3. The molecule has 0 heterocycles. The van der Waals surface area contributed by atoms with Crippen LogP contribution in [0.1, 0.15) is 35.3 Å². The summed E-state index contributed by atoms with van der Waals surface area (Å²) in [6.07, 6.45) is 0. The van der Waals surface area contributed by atoms with Gasteiger partial charge in [-0.3, -0.25) is 4.79 Å². The zero-order chi connectivity index (χ0) is 24.0. The molecule has 0 aromatic heterocycles. The first-order valence-electron chi connectivity index (χ1n) is 10.3. The molecule has 0 saturated carbocycles. The standard InChI is InChI=1S/C24H25N3O5S/c1-3-27(4-2)33(31,32)18-15-13-17(14-16-18)24(30)26-25-23(19-9-5-7-11-21(19)28)20-10-6-8-12-22(20)29/h5-16,28-29H,3-4H2,1-2H3,(H,26,30). The minimum absolute atomic E-state index is 0.0697. The summed E-state index contributed by atoms with van der Waals surface area (Å²) < 4.78 is 26.6. The molecule has 0 bridgehead atoms. The number of para-hydroxylation sites is 2. The molecule has 0 fully saturated rings. The molecule has 3 rings (SSSR count). The zero-order valence-electron chi connectivity index (χ0n) is 18.3. The topological polar surface area (TPSA) is 119 Å². The van der Waals surface area contributed by atoms with Crippen molar-refractivity contribution in [1.82, 2.24) is 9.73 Å². The Hall–Kier alpha value is -3.69. The average Bonchev–Trinajstić information content (AvgIpc) is 2.81. The highest BCUT2D eigenvalue weighted by Crippen LogP contribution is 2.25. The van der Waals surface area contributed by atoms with Gasteiger partial charge in [-0.1, -0.05) is 38.1 Å². The van der Waals surface area contributed by atoms with Crippen LogP contribution in [0.15, 0.2) is 82.8 Å². The average molecular weight is 468 g/mol. The van der Waals surface area contributed by atoms with Crippen LogP contribution in [0.25, 0.3) is 0 Å². The molecular weight excluding hydrogens is 442 g/mol. The monoisotopic (exact) mass is 467 g/mol. The smallest absolute Gasteiger partial charge is 0.271 e. The summed E-state index contributed by atoms with van der Waals surface area (Å²) >= 11 is 0. The van der Waals surface area contributed by atoms with Gasteiger partial charge >= 0.3 is 0 Å². The van der Waals surface area contributed by atoms with Crippen LogP contribution in [-0.4, -0.2) is 47.6 Å². The van der Waals surface area contributed by atoms with Crippen molar-refractivity contribution in [2.75, 3.05) is 13.1 Å². The minimum atomic E-state index is -3.63. The molecule has 3 aromatic carbocycles. The number of phenols is 2. The van der Waals surface area contributed by atoms with Gasteiger partial charge in [0.1, 0.15) is 17.2 Å². The van der Waals surface area contributed by atoms with Gasteiger partial charge in [-0.05, 0) is 48.5 Å². The maximum absolute atomic E-state index is 12.7. The van der Waals surface area contributed by atoms with Gasteiger partial charge in [-0.25, -0.2) is 13.8 Å². The Bertz CT molecular complexity index is 1220. The van der Waals surface area contributed by atoms with Gasteiger partial charge in [0.25, 0.3) is 5.91 Å². The first-order valence-corrected chi connectivity index (χ1v) is 11.8. The fraction of sp³-hybridized carbons (Fsp3) is 0.167. The van der Waals surface area contributed by atoms with E-state index in [0.717, 1.165) is 0 Å². The lowest BCUT2D eigenvalue weighted by Gasteiger charge is -2.18. The molecule has 0 spiro atoms. The molecule has 8 nitrogen and oxygen atoms in total. The Morgan fingerprint density at radius 1 is 0.848 bits per heavy atom. The number of aromatic hydroxyl groups is 2. The number of amides is 1. The molecule has 0 radical (unpaired) electrons. The van der Waals surface area contributed by atoms with Crippen LogP contribution < -0.4 is 5.43 Å². The van der Waals surface area contributed by atoms with E-state index in [1.807, 2.05) is 0 Å². The summed E-state index contributed by atoms with van der Waals surface area (Å²) in [4.78, 5) is 12.8. The van der Waals surface area contributed by atoms with Gasteiger partial charge in [-0.15, -0.1) is 0 Å². The van der Waals surface area contributed by atoms with Crippen molar-refractivity contribution in [1.29, 1.82) is 0 Å². The molecular formula is C24H25N3O5S. The second-order valence-electron chi connectivity index (χ2n) is 7.05. The normalized spacial score (nSPS) is 11.2. The fourth-order valence-electron chi connectivity index (χ4n) is 3.28. The number of phenolic OH excluding ortho intramolecular Hbond substituents is 2. The summed E-state index contributed by atoms with van der Waals surface area (Å²) in [5.41, 5.74) is 3.43. The summed E-state index contributed by atoms with van der Waals surface area (Å²) in [6, 6.07) is 18.4. The highest BCUT2D eigenvalue weighted by molar-refractivity contribution is 7.89. The SMILES string of the molecule is CCN(CC)S(=O)(=O)c1ccc(C(=O)NN=C(c2ccccc2O)c2ccccc2O)cc1. The lowest BCUT2D eigenvalue weighted by molar-refractivity contribution is 0.0954. The summed E-state index contributed by atoms with van der Waals surface area (Å²) in [5, 5.41) is 24.7. The predicted octanol–water partition coefficient (Wildman–Crippen LogP) is 3.31. The third-order valence-corrected chi connectivity index (χ3v) is 7.11. The highest BCUT2D eigenvalue weighted by Gasteiger charge is 2.22. The van der Waals surface area contributed by atoms with Crippen molar-refractivity contribution in [2.45, 2.75) is 18.7 Å². The molecule has 0 saturated heterocycles. The van der Waals surface area contributed by atoms with Crippen molar-refractivity contribution in [3.63, 3.8) is 0 Å². The number of hydrogen-bond acceptors (Lipinski definition) is 6. The van der Waals surface area contributed by atoms with Gasteiger partial charge < -0.3 is 10.2 Å². The molecule has 0 aliphatic rings. The van der Waals surface area contributed by atoms with Crippen molar-refractivity contribution < 1.29 is 23.4 Å². The van der Waals surface area contributed by atoms with E-state index in [-0.39, 0.29) is 27.7 Å². The Morgan fingerprint density at radius 3 is 1.79 bits per heavy atom. The summed E-state index contributed by atoms with van der Waals surface area (Å²) in [7, 11) is -3.63.